The van der Waals surface area contributed by atoms with Crippen molar-refractivity contribution in [2.75, 3.05) is 13.7 Å². The first-order chi connectivity index (χ1) is 3.31. The van der Waals surface area contributed by atoms with Gasteiger partial charge in [-0.2, -0.15) is 0 Å². The summed E-state index contributed by atoms with van der Waals surface area (Å²) >= 11 is 0. The van der Waals surface area contributed by atoms with E-state index in [1.807, 2.05) is 6.92 Å². The Labute approximate surface area is 57.4 Å². The maximum absolute atomic E-state index is 10.1. The van der Waals surface area contributed by atoms with E-state index in [4.69, 9.17) is 0 Å². The molecule has 0 rings (SSSR count). The summed E-state index contributed by atoms with van der Waals surface area (Å²) in [4.78, 5) is 10.1. The van der Waals surface area contributed by atoms with E-state index in [2.05, 4.69) is 10.1 Å². The number of nitrogens with one attached hydrogen (secondary N) is 1. The number of ether oxygens (including phenoxy) is 1. The number of hydrogen-bond donors (Lipinski definition) is 1. The summed E-state index contributed by atoms with van der Waals surface area (Å²) in [5.74, 6) is 0. The molecule has 0 aromatic heterocycles. The quantitative estimate of drug-likeness (QED) is 0.593. The van der Waals surface area contributed by atoms with Crippen molar-refractivity contribution < 1.29 is 9.53 Å². The monoisotopic (exact) mass is 135 g/mol. The topological polar surface area (TPSA) is 38.3 Å². The van der Waals surface area contributed by atoms with Gasteiger partial charge in [-0.15, -0.1) is 0 Å². The molecule has 1 N–H and O–H groups in total. The number of methoxy groups -OCH3 is 1. The van der Waals surface area contributed by atoms with E-state index in [-0.39, 0.29) is 20.9 Å². The summed E-state index contributed by atoms with van der Waals surface area (Å²) in [5, 5.41) is 2.43. The average molecular weight is 135 g/mol. The molecule has 3 heteroatoms. The van der Waals surface area contributed by atoms with Gasteiger partial charge in [0.25, 0.3) is 0 Å². The third-order valence-corrected chi connectivity index (χ3v) is 0.507. The van der Waals surface area contributed by atoms with Crippen molar-refractivity contribution in [3.8, 4) is 0 Å². The summed E-state index contributed by atoms with van der Waals surface area (Å²) in [7, 11) is 1.34. The molecule has 0 aromatic rings. The highest BCUT2D eigenvalue weighted by Crippen LogP contribution is 1.66. The second-order valence-corrected chi connectivity index (χ2v) is 1.02. The fourth-order valence-electron chi connectivity index (χ4n) is 0.217. The number of carbonyl (C=O) groups excluding carboxylic acids is 1. The summed E-state index contributed by atoms with van der Waals surface area (Å²) in [6.07, 6.45) is -0.373. The molecule has 1 amide bonds. The lowest BCUT2D eigenvalue weighted by Crippen LogP contribution is -2.21. The zero-order chi connectivity index (χ0) is 5.70. The van der Waals surface area contributed by atoms with Crippen molar-refractivity contribution in [3.63, 3.8) is 0 Å². The third-order valence-electron chi connectivity index (χ3n) is 0.507. The van der Waals surface area contributed by atoms with Crippen LogP contribution in [0.1, 0.15) is 21.8 Å². The molecule has 0 aliphatic rings. The standard InChI is InChI=1S/C4H9NO2.2CH4/c1-3-5-4(6)7-2;;/h3H2,1-2H3,(H,5,6);2*1H4. The van der Waals surface area contributed by atoms with Crippen LogP contribution in [0.3, 0.4) is 0 Å². The van der Waals surface area contributed by atoms with Gasteiger partial charge in [-0.25, -0.2) is 4.79 Å². The Morgan fingerprint density at radius 2 is 2.00 bits per heavy atom. The molecule has 0 fully saturated rings. The minimum Gasteiger partial charge on any atom is -0.453 e. The van der Waals surface area contributed by atoms with Crippen LogP contribution in [-0.2, 0) is 4.74 Å². The summed E-state index contributed by atoms with van der Waals surface area (Å²) < 4.78 is 4.24. The molecule has 9 heavy (non-hydrogen) atoms. The van der Waals surface area contributed by atoms with Gasteiger partial charge in [-0.05, 0) is 6.92 Å². The Kier molecular flexibility index (Phi) is 18.0. The van der Waals surface area contributed by atoms with Gasteiger partial charge in [0.2, 0.25) is 0 Å². The molecule has 0 saturated heterocycles. The highest BCUT2D eigenvalue weighted by atomic mass is 16.5. The van der Waals surface area contributed by atoms with Gasteiger partial charge in [-0.1, -0.05) is 14.9 Å². The zero-order valence-corrected chi connectivity index (χ0v) is 4.52. The van der Waals surface area contributed by atoms with Gasteiger partial charge < -0.3 is 10.1 Å². The lowest BCUT2D eigenvalue weighted by Gasteiger charge is -1.95. The summed E-state index contributed by atoms with van der Waals surface area (Å²) in [6, 6.07) is 0. The Morgan fingerprint density at radius 1 is 1.56 bits per heavy atom. The van der Waals surface area contributed by atoms with Crippen LogP contribution in [0.4, 0.5) is 4.79 Å². The Bertz CT molecular complexity index is 64.1. The van der Waals surface area contributed by atoms with Gasteiger partial charge in [0.1, 0.15) is 0 Å². The minimum atomic E-state index is -0.373. The normalized spacial score (nSPS) is 6.00. The SMILES string of the molecule is C.C.CCNC(=O)OC. The molecule has 0 radical (unpaired) electrons. The van der Waals surface area contributed by atoms with Gasteiger partial charge >= 0.3 is 6.09 Å². The highest BCUT2D eigenvalue weighted by Gasteiger charge is 1.89. The van der Waals surface area contributed by atoms with Crippen LogP contribution in [0.25, 0.3) is 0 Å². The van der Waals surface area contributed by atoms with E-state index in [1.54, 1.807) is 0 Å². The molecule has 0 unspecified atom stereocenters. The van der Waals surface area contributed by atoms with E-state index < -0.39 is 0 Å². The zero-order valence-electron chi connectivity index (χ0n) is 4.52. The van der Waals surface area contributed by atoms with Crippen LogP contribution in [0, 0.1) is 0 Å². The maximum Gasteiger partial charge on any atom is 0.406 e. The van der Waals surface area contributed by atoms with E-state index in [0.29, 0.717) is 6.54 Å². The third kappa shape index (κ3) is 11.1. The number of amides is 1. The first kappa shape index (κ1) is 15.7. The Morgan fingerprint density at radius 3 is 2.11 bits per heavy atom. The molecule has 3 nitrogen and oxygen atoms in total. The van der Waals surface area contributed by atoms with Crippen molar-refractivity contribution in [1.82, 2.24) is 5.32 Å². The molecular formula is C6H17NO2. The highest BCUT2D eigenvalue weighted by molar-refractivity contribution is 5.66. The Balaban J connectivity index is -0.000000180. The minimum absolute atomic E-state index is 0. The second-order valence-electron chi connectivity index (χ2n) is 1.02. The molecule has 0 aliphatic heterocycles. The predicted octanol–water partition coefficient (Wildman–Crippen LogP) is 1.63. The van der Waals surface area contributed by atoms with Crippen molar-refractivity contribution in [2.24, 2.45) is 0 Å². The van der Waals surface area contributed by atoms with Crippen molar-refractivity contribution >= 4 is 6.09 Å². The summed E-state index contributed by atoms with van der Waals surface area (Å²) in [6.45, 7) is 2.45. The first-order valence-corrected chi connectivity index (χ1v) is 2.13. The van der Waals surface area contributed by atoms with Crippen molar-refractivity contribution in [3.05, 3.63) is 0 Å². The first-order valence-electron chi connectivity index (χ1n) is 2.13. The molecule has 0 spiro atoms. The van der Waals surface area contributed by atoms with E-state index in [0.717, 1.165) is 0 Å². The molecule has 58 valence electrons. The van der Waals surface area contributed by atoms with Crippen molar-refractivity contribution in [2.45, 2.75) is 21.8 Å². The molecule has 0 aliphatic carbocycles. The van der Waals surface area contributed by atoms with Crippen LogP contribution < -0.4 is 5.32 Å². The van der Waals surface area contributed by atoms with Crippen LogP contribution in [-0.4, -0.2) is 19.7 Å². The van der Waals surface area contributed by atoms with Crippen LogP contribution in [0.5, 0.6) is 0 Å². The Hall–Kier alpha value is -0.730. The second kappa shape index (κ2) is 10.3. The molecule has 0 heterocycles. The molecular weight excluding hydrogens is 118 g/mol. The van der Waals surface area contributed by atoms with Crippen LogP contribution in [0.15, 0.2) is 0 Å². The van der Waals surface area contributed by atoms with Crippen LogP contribution >= 0.6 is 0 Å². The fourth-order valence-corrected chi connectivity index (χ4v) is 0.217. The number of hydrogen-bond acceptors (Lipinski definition) is 2. The molecule has 0 bridgehead atoms. The lowest BCUT2D eigenvalue weighted by atomic mass is 10.8. The van der Waals surface area contributed by atoms with Gasteiger partial charge in [-0.3, -0.25) is 0 Å². The smallest absolute Gasteiger partial charge is 0.406 e. The van der Waals surface area contributed by atoms with Crippen molar-refractivity contribution in [1.29, 1.82) is 0 Å². The van der Waals surface area contributed by atoms with Gasteiger partial charge in [0.05, 0.1) is 7.11 Å². The predicted molar refractivity (Wildman–Crippen MR) is 39.5 cm³/mol. The van der Waals surface area contributed by atoms with E-state index >= 15 is 0 Å². The van der Waals surface area contributed by atoms with E-state index in [9.17, 15) is 4.79 Å². The van der Waals surface area contributed by atoms with Gasteiger partial charge in [0.15, 0.2) is 0 Å². The summed E-state index contributed by atoms with van der Waals surface area (Å²) in [5.41, 5.74) is 0. The number of alkyl carbamates (subject to hydrolysis) is 1. The van der Waals surface area contributed by atoms with E-state index in [1.165, 1.54) is 7.11 Å². The largest absolute Gasteiger partial charge is 0.453 e. The van der Waals surface area contributed by atoms with Crippen LogP contribution in [0.2, 0.25) is 0 Å². The average Bonchev–Trinajstić information content (AvgIpc) is 1.68. The molecule has 0 aromatic carbocycles. The number of carbonyl (C=O) groups is 1. The fraction of sp³-hybridized carbons (Fsp3) is 0.833. The number of rotatable bonds is 1. The van der Waals surface area contributed by atoms with Gasteiger partial charge in [0, 0.05) is 6.54 Å². The lowest BCUT2D eigenvalue weighted by molar-refractivity contribution is 0.171. The molecule has 0 saturated carbocycles. The maximum atomic E-state index is 10.1. The molecule has 0 atom stereocenters.